The molecular weight excluding hydrogens is 371 g/mol. The minimum atomic E-state index is -3.21. The monoisotopic (exact) mass is 394 g/mol. The van der Waals surface area contributed by atoms with Crippen LogP contribution in [-0.2, 0) is 21.4 Å². The molecule has 1 fully saturated rings. The van der Waals surface area contributed by atoms with E-state index in [1.807, 2.05) is 6.92 Å². The van der Waals surface area contributed by atoms with E-state index in [0.717, 1.165) is 5.69 Å². The topological polar surface area (TPSA) is 84.3 Å². The van der Waals surface area contributed by atoms with Gasteiger partial charge in [0.15, 0.2) is 5.82 Å². The highest BCUT2D eigenvalue weighted by molar-refractivity contribution is 7.88. The van der Waals surface area contributed by atoms with Crippen LogP contribution in [0.15, 0.2) is 30.3 Å². The van der Waals surface area contributed by atoms with Crippen LogP contribution in [0.4, 0.5) is 10.2 Å². The largest absolute Gasteiger partial charge is 0.309 e. The van der Waals surface area contributed by atoms with E-state index < -0.39 is 10.0 Å². The lowest BCUT2D eigenvalue weighted by atomic mass is 9.97. The molecule has 27 heavy (non-hydrogen) atoms. The van der Waals surface area contributed by atoms with E-state index in [4.69, 9.17) is 0 Å². The van der Waals surface area contributed by atoms with Crippen LogP contribution >= 0.6 is 0 Å². The van der Waals surface area contributed by atoms with Crippen molar-refractivity contribution in [1.82, 2.24) is 14.1 Å². The summed E-state index contributed by atoms with van der Waals surface area (Å²) in [5, 5.41) is 7.14. The summed E-state index contributed by atoms with van der Waals surface area (Å²) in [6.45, 7) is 2.81. The van der Waals surface area contributed by atoms with Gasteiger partial charge in [0.05, 0.1) is 12.8 Å². The van der Waals surface area contributed by atoms with Gasteiger partial charge in [-0.25, -0.2) is 17.1 Å². The zero-order valence-electron chi connectivity index (χ0n) is 15.4. The molecule has 1 aromatic carbocycles. The number of nitrogens with zero attached hydrogens (tertiary/aromatic N) is 3. The molecule has 1 saturated heterocycles. The summed E-state index contributed by atoms with van der Waals surface area (Å²) in [7, 11) is -3.21. The second kappa shape index (κ2) is 7.77. The number of hydrogen-bond donors (Lipinski definition) is 1. The van der Waals surface area contributed by atoms with Crippen LogP contribution in [0.1, 0.15) is 24.1 Å². The highest BCUT2D eigenvalue weighted by Crippen LogP contribution is 2.21. The lowest BCUT2D eigenvalue weighted by molar-refractivity contribution is -0.120. The van der Waals surface area contributed by atoms with Gasteiger partial charge in [-0.1, -0.05) is 18.2 Å². The molecule has 0 radical (unpaired) electrons. The molecule has 1 N–H and O–H groups in total. The molecule has 1 aliphatic heterocycles. The average Bonchev–Trinajstić information content (AvgIpc) is 2.95. The van der Waals surface area contributed by atoms with E-state index in [1.165, 1.54) is 16.6 Å². The van der Waals surface area contributed by atoms with Crippen molar-refractivity contribution in [3.8, 4) is 0 Å². The Bertz CT molecular complexity index is 934. The van der Waals surface area contributed by atoms with Crippen LogP contribution in [0.25, 0.3) is 0 Å². The number of rotatable bonds is 5. The molecule has 9 heteroatoms. The molecule has 1 amide bonds. The summed E-state index contributed by atoms with van der Waals surface area (Å²) in [5.74, 6) is -0.297. The van der Waals surface area contributed by atoms with Crippen molar-refractivity contribution in [2.45, 2.75) is 26.3 Å². The Morgan fingerprint density at radius 3 is 2.59 bits per heavy atom. The second-order valence-corrected chi connectivity index (χ2v) is 8.83. The van der Waals surface area contributed by atoms with Crippen molar-refractivity contribution < 1.29 is 17.6 Å². The number of nitrogens with one attached hydrogen (secondary N) is 1. The molecule has 0 unspecified atom stereocenters. The summed E-state index contributed by atoms with van der Waals surface area (Å²) < 4.78 is 40.0. The number of carbonyl (C=O) groups excluding carboxylic acids is 1. The SMILES string of the molecule is Cc1cc(NC(=O)C2CCN(S(C)(=O)=O)CC2)nn1Cc1ccccc1F. The normalized spacial score (nSPS) is 16.4. The quantitative estimate of drug-likeness (QED) is 0.841. The highest BCUT2D eigenvalue weighted by atomic mass is 32.2. The van der Waals surface area contributed by atoms with E-state index in [-0.39, 0.29) is 24.2 Å². The van der Waals surface area contributed by atoms with Crippen molar-refractivity contribution in [2.75, 3.05) is 24.7 Å². The summed E-state index contributed by atoms with van der Waals surface area (Å²) >= 11 is 0. The van der Waals surface area contributed by atoms with Gasteiger partial charge in [-0.15, -0.1) is 0 Å². The Balaban J connectivity index is 1.62. The maximum atomic E-state index is 13.8. The number of hydrogen-bond acceptors (Lipinski definition) is 4. The Morgan fingerprint density at radius 2 is 1.96 bits per heavy atom. The average molecular weight is 394 g/mol. The first-order valence-electron chi connectivity index (χ1n) is 8.78. The fraction of sp³-hybridized carbons (Fsp3) is 0.444. The van der Waals surface area contributed by atoms with Gasteiger partial charge in [-0.2, -0.15) is 5.10 Å². The molecule has 7 nitrogen and oxygen atoms in total. The summed E-state index contributed by atoms with van der Waals surface area (Å²) in [6, 6.07) is 8.24. The van der Waals surface area contributed by atoms with E-state index in [0.29, 0.717) is 37.3 Å². The first-order chi connectivity index (χ1) is 12.7. The van der Waals surface area contributed by atoms with Gasteiger partial charge in [0.1, 0.15) is 5.82 Å². The zero-order chi connectivity index (χ0) is 19.6. The van der Waals surface area contributed by atoms with Crippen LogP contribution in [0.2, 0.25) is 0 Å². The fourth-order valence-electron chi connectivity index (χ4n) is 3.20. The molecule has 146 valence electrons. The molecule has 2 heterocycles. The van der Waals surface area contributed by atoms with Gasteiger partial charge >= 0.3 is 0 Å². The molecule has 0 spiro atoms. The number of anilines is 1. The van der Waals surface area contributed by atoms with Gasteiger partial charge in [-0.05, 0) is 25.8 Å². The third-order valence-corrected chi connectivity index (χ3v) is 6.11. The van der Waals surface area contributed by atoms with E-state index >= 15 is 0 Å². The molecule has 1 aliphatic rings. The van der Waals surface area contributed by atoms with Crippen LogP contribution in [0.5, 0.6) is 0 Å². The minimum Gasteiger partial charge on any atom is -0.309 e. The van der Waals surface area contributed by atoms with E-state index in [1.54, 1.807) is 28.9 Å². The fourth-order valence-corrected chi connectivity index (χ4v) is 4.07. The standard InChI is InChI=1S/C18H23FN4O3S/c1-13-11-17(21-23(13)12-15-5-3-4-6-16(15)19)20-18(24)14-7-9-22(10-8-14)27(2,25)26/h3-6,11,14H,7-10,12H2,1-2H3,(H,20,21,24). The Morgan fingerprint density at radius 1 is 1.30 bits per heavy atom. The number of aromatic nitrogens is 2. The van der Waals surface area contributed by atoms with Gasteiger partial charge in [0.2, 0.25) is 15.9 Å². The van der Waals surface area contributed by atoms with Crippen molar-refractivity contribution in [3.05, 3.63) is 47.4 Å². The molecule has 0 bridgehead atoms. The first-order valence-corrected chi connectivity index (χ1v) is 10.6. The highest BCUT2D eigenvalue weighted by Gasteiger charge is 2.29. The van der Waals surface area contributed by atoms with Gasteiger partial charge < -0.3 is 5.32 Å². The Kier molecular flexibility index (Phi) is 5.61. The van der Waals surface area contributed by atoms with Gasteiger partial charge in [0.25, 0.3) is 0 Å². The summed E-state index contributed by atoms with van der Waals surface area (Å²) in [4.78, 5) is 12.5. The van der Waals surface area contributed by atoms with Crippen LogP contribution in [0, 0.1) is 18.7 Å². The maximum absolute atomic E-state index is 13.8. The summed E-state index contributed by atoms with van der Waals surface area (Å²) in [5.41, 5.74) is 1.33. The maximum Gasteiger partial charge on any atom is 0.228 e. The summed E-state index contributed by atoms with van der Waals surface area (Å²) in [6.07, 6.45) is 2.14. The second-order valence-electron chi connectivity index (χ2n) is 6.85. The molecule has 3 rings (SSSR count). The Labute approximate surface area is 158 Å². The first kappa shape index (κ1) is 19.5. The van der Waals surface area contributed by atoms with Crippen molar-refractivity contribution in [1.29, 1.82) is 0 Å². The molecular formula is C18H23FN4O3S. The van der Waals surface area contributed by atoms with Crippen molar-refractivity contribution >= 4 is 21.7 Å². The number of aryl methyl sites for hydroxylation is 1. The zero-order valence-corrected chi connectivity index (χ0v) is 16.2. The van der Waals surface area contributed by atoms with E-state index in [2.05, 4.69) is 10.4 Å². The number of sulfonamides is 1. The lowest BCUT2D eigenvalue weighted by Gasteiger charge is -2.29. The lowest BCUT2D eigenvalue weighted by Crippen LogP contribution is -2.40. The Hall–Kier alpha value is -2.26. The number of carbonyl (C=O) groups is 1. The molecule has 0 saturated carbocycles. The third kappa shape index (κ3) is 4.72. The predicted octanol–water partition coefficient (Wildman–Crippen LogP) is 1.99. The van der Waals surface area contributed by atoms with Gasteiger partial charge in [-0.3, -0.25) is 9.48 Å². The van der Waals surface area contributed by atoms with Crippen molar-refractivity contribution in [2.24, 2.45) is 5.92 Å². The molecule has 0 aliphatic carbocycles. The predicted molar refractivity (Wildman–Crippen MR) is 100 cm³/mol. The molecule has 2 aromatic rings. The number of amides is 1. The smallest absolute Gasteiger partial charge is 0.228 e. The number of halogens is 1. The van der Waals surface area contributed by atoms with Gasteiger partial charge in [0, 0.05) is 36.3 Å². The molecule has 1 aromatic heterocycles. The third-order valence-electron chi connectivity index (χ3n) is 4.80. The minimum absolute atomic E-state index is 0.168. The van der Waals surface area contributed by atoms with Crippen LogP contribution in [0.3, 0.4) is 0 Å². The molecule has 0 atom stereocenters. The van der Waals surface area contributed by atoms with Crippen molar-refractivity contribution in [3.63, 3.8) is 0 Å². The van der Waals surface area contributed by atoms with E-state index in [9.17, 15) is 17.6 Å². The van der Waals surface area contributed by atoms with Crippen LogP contribution < -0.4 is 5.32 Å². The number of benzene rings is 1. The number of piperidine rings is 1. The van der Waals surface area contributed by atoms with Crippen LogP contribution in [-0.4, -0.2) is 47.8 Å².